The van der Waals surface area contributed by atoms with Crippen molar-refractivity contribution in [1.29, 1.82) is 0 Å². The van der Waals surface area contributed by atoms with Crippen LogP contribution in [0.15, 0.2) is 42.5 Å². The molecule has 1 aliphatic rings. The zero-order chi connectivity index (χ0) is 23.1. The molecule has 0 aliphatic carbocycles. The molecule has 174 valence electrons. The van der Waals surface area contributed by atoms with E-state index in [0.717, 1.165) is 43.3 Å². The van der Waals surface area contributed by atoms with Crippen molar-refractivity contribution in [1.82, 2.24) is 9.80 Å². The molecule has 1 heterocycles. The van der Waals surface area contributed by atoms with Gasteiger partial charge in [0, 0.05) is 17.7 Å². The lowest BCUT2D eigenvalue weighted by atomic mass is 10.0. The minimum absolute atomic E-state index is 0.0430. The minimum Gasteiger partial charge on any atom is -0.493 e. The van der Waals surface area contributed by atoms with E-state index in [0.29, 0.717) is 12.5 Å². The Morgan fingerprint density at radius 3 is 2.44 bits per heavy atom. The molecule has 0 aromatic heterocycles. The summed E-state index contributed by atoms with van der Waals surface area (Å²) in [5.41, 5.74) is 1.11. The first-order chi connectivity index (χ1) is 15.3. The average molecular weight is 447 g/mol. The first-order valence-corrected chi connectivity index (χ1v) is 11.1. The van der Waals surface area contributed by atoms with Gasteiger partial charge in [0.05, 0.1) is 13.2 Å². The fraction of sp³-hybridized carbons (Fsp3) is 0.480. The number of likely N-dealkylation sites (tertiary alicyclic amines) is 1. The Balaban J connectivity index is 1.65. The maximum Gasteiger partial charge on any atom is 0.410 e. The van der Waals surface area contributed by atoms with Crippen LogP contribution in [0.5, 0.6) is 5.75 Å². The zero-order valence-corrected chi connectivity index (χ0v) is 19.0. The molecule has 3 rings (SSSR count). The van der Waals surface area contributed by atoms with Gasteiger partial charge < -0.3 is 19.3 Å². The van der Waals surface area contributed by atoms with Crippen molar-refractivity contribution in [2.75, 3.05) is 26.7 Å². The number of halogens is 2. The maximum atomic E-state index is 14.3. The highest BCUT2D eigenvalue weighted by Crippen LogP contribution is 2.22. The van der Waals surface area contributed by atoms with Crippen LogP contribution in [0.4, 0.5) is 13.6 Å². The van der Waals surface area contributed by atoms with Crippen molar-refractivity contribution in [3.05, 3.63) is 65.2 Å². The fourth-order valence-electron chi connectivity index (χ4n) is 3.66. The average Bonchev–Trinajstić information content (AvgIpc) is 2.77. The molecule has 1 aliphatic heterocycles. The van der Waals surface area contributed by atoms with Gasteiger partial charge >= 0.3 is 6.09 Å². The molecule has 0 atom stereocenters. The summed E-state index contributed by atoms with van der Waals surface area (Å²) >= 11 is 0. The van der Waals surface area contributed by atoms with Crippen LogP contribution in [0.1, 0.15) is 37.8 Å². The molecule has 2 aromatic carbocycles. The Labute approximate surface area is 188 Å². The van der Waals surface area contributed by atoms with Crippen LogP contribution in [-0.4, -0.2) is 48.7 Å². The van der Waals surface area contributed by atoms with Gasteiger partial charge in [0.15, 0.2) is 0 Å². The van der Waals surface area contributed by atoms with E-state index < -0.39 is 17.7 Å². The standard InChI is InChI=1S/C25H32F2N2O3/c1-18(2)16-31-23-8-4-19(5-9-23)17-32-25(30)29(22-10-12-28(3)13-11-22)15-20-6-7-21(26)14-24(20)27/h4-9,14,18,22H,10-13,15-17H2,1-3H3. The van der Waals surface area contributed by atoms with Crippen molar-refractivity contribution >= 4 is 6.09 Å². The number of hydrogen-bond acceptors (Lipinski definition) is 4. The lowest BCUT2D eigenvalue weighted by Gasteiger charge is -2.36. The summed E-state index contributed by atoms with van der Waals surface area (Å²) in [5.74, 6) is -0.0890. The third-order valence-corrected chi connectivity index (χ3v) is 5.59. The number of ether oxygens (including phenoxy) is 2. The van der Waals surface area contributed by atoms with Crippen molar-refractivity contribution in [3.8, 4) is 5.75 Å². The summed E-state index contributed by atoms with van der Waals surface area (Å²) in [5, 5.41) is 0. The molecule has 0 bridgehead atoms. The van der Waals surface area contributed by atoms with Gasteiger partial charge in [-0.25, -0.2) is 13.6 Å². The second-order valence-corrected chi connectivity index (χ2v) is 8.80. The molecular formula is C25H32F2N2O3. The Kier molecular flexibility index (Phi) is 8.45. The number of nitrogens with zero attached hydrogens (tertiary/aromatic N) is 2. The molecular weight excluding hydrogens is 414 g/mol. The van der Waals surface area contributed by atoms with Gasteiger partial charge in [0.2, 0.25) is 0 Å². The molecule has 2 aromatic rings. The van der Waals surface area contributed by atoms with Crippen LogP contribution in [0, 0.1) is 17.6 Å². The molecule has 1 saturated heterocycles. The summed E-state index contributed by atoms with van der Waals surface area (Å²) in [6, 6.07) is 10.8. The first kappa shape index (κ1) is 24.0. The van der Waals surface area contributed by atoms with Crippen LogP contribution < -0.4 is 4.74 Å². The van der Waals surface area contributed by atoms with Crippen molar-refractivity contribution < 1.29 is 23.0 Å². The van der Waals surface area contributed by atoms with Crippen molar-refractivity contribution in [3.63, 3.8) is 0 Å². The van der Waals surface area contributed by atoms with E-state index in [1.807, 2.05) is 31.3 Å². The van der Waals surface area contributed by atoms with Crippen LogP contribution in [0.3, 0.4) is 0 Å². The number of amides is 1. The molecule has 0 unspecified atom stereocenters. The van der Waals surface area contributed by atoms with Crippen LogP contribution >= 0.6 is 0 Å². The lowest BCUT2D eigenvalue weighted by Crippen LogP contribution is -2.46. The van der Waals surface area contributed by atoms with Crippen LogP contribution in [-0.2, 0) is 17.9 Å². The monoisotopic (exact) mass is 446 g/mol. The molecule has 0 saturated carbocycles. The van der Waals surface area contributed by atoms with Crippen molar-refractivity contribution in [2.45, 2.75) is 45.9 Å². The number of carbonyl (C=O) groups is 1. The van der Waals surface area contributed by atoms with E-state index >= 15 is 0 Å². The van der Waals surface area contributed by atoms with Crippen LogP contribution in [0.25, 0.3) is 0 Å². The van der Waals surface area contributed by atoms with E-state index in [2.05, 4.69) is 18.7 Å². The minimum atomic E-state index is -0.660. The molecule has 32 heavy (non-hydrogen) atoms. The van der Waals surface area contributed by atoms with E-state index in [4.69, 9.17) is 9.47 Å². The smallest absolute Gasteiger partial charge is 0.410 e. The Morgan fingerprint density at radius 2 is 1.81 bits per heavy atom. The van der Waals surface area contributed by atoms with Gasteiger partial charge in [0.1, 0.15) is 24.0 Å². The van der Waals surface area contributed by atoms with Gasteiger partial charge in [-0.2, -0.15) is 0 Å². The number of carbonyl (C=O) groups excluding carboxylic acids is 1. The zero-order valence-electron chi connectivity index (χ0n) is 19.0. The number of piperidine rings is 1. The molecule has 0 radical (unpaired) electrons. The normalized spacial score (nSPS) is 15.1. The summed E-state index contributed by atoms with van der Waals surface area (Å²) in [6.07, 6.45) is 1.05. The first-order valence-electron chi connectivity index (χ1n) is 11.1. The van der Waals surface area contributed by atoms with Gasteiger partial charge in [-0.3, -0.25) is 0 Å². The Hall–Kier alpha value is -2.67. The quantitative estimate of drug-likeness (QED) is 0.557. The highest BCUT2D eigenvalue weighted by Gasteiger charge is 2.29. The number of benzene rings is 2. The predicted molar refractivity (Wildman–Crippen MR) is 119 cm³/mol. The summed E-state index contributed by atoms with van der Waals surface area (Å²) in [6.45, 7) is 6.65. The maximum absolute atomic E-state index is 14.3. The van der Waals surface area contributed by atoms with E-state index in [-0.39, 0.29) is 24.8 Å². The molecule has 5 nitrogen and oxygen atoms in total. The SMILES string of the molecule is CC(C)COc1ccc(COC(=O)N(Cc2ccc(F)cc2F)C2CCN(C)CC2)cc1. The highest BCUT2D eigenvalue weighted by molar-refractivity contribution is 5.68. The fourth-order valence-corrected chi connectivity index (χ4v) is 3.66. The summed E-state index contributed by atoms with van der Waals surface area (Å²) in [7, 11) is 2.03. The Morgan fingerprint density at radius 1 is 1.12 bits per heavy atom. The number of hydrogen-bond donors (Lipinski definition) is 0. The van der Waals surface area contributed by atoms with Gasteiger partial charge in [-0.1, -0.05) is 32.0 Å². The molecule has 7 heteroatoms. The molecule has 1 amide bonds. The third kappa shape index (κ3) is 6.92. The third-order valence-electron chi connectivity index (χ3n) is 5.59. The van der Waals surface area contributed by atoms with Crippen molar-refractivity contribution in [2.24, 2.45) is 5.92 Å². The van der Waals surface area contributed by atoms with Gasteiger partial charge in [-0.05, 0) is 62.7 Å². The Bertz CT molecular complexity index is 881. The van der Waals surface area contributed by atoms with E-state index in [1.54, 1.807) is 4.90 Å². The highest BCUT2D eigenvalue weighted by atomic mass is 19.1. The van der Waals surface area contributed by atoms with Gasteiger partial charge in [-0.15, -0.1) is 0 Å². The van der Waals surface area contributed by atoms with Gasteiger partial charge in [0.25, 0.3) is 0 Å². The second-order valence-electron chi connectivity index (χ2n) is 8.80. The summed E-state index contributed by atoms with van der Waals surface area (Å²) < 4.78 is 38.8. The molecule has 0 spiro atoms. The topological polar surface area (TPSA) is 42.0 Å². The molecule has 0 N–H and O–H groups in total. The van der Waals surface area contributed by atoms with E-state index in [9.17, 15) is 13.6 Å². The second kappa shape index (κ2) is 11.3. The van der Waals surface area contributed by atoms with Crippen LogP contribution in [0.2, 0.25) is 0 Å². The van der Waals surface area contributed by atoms with E-state index in [1.165, 1.54) is 12.1 Å². The lowest BCUT2D eigenvalue weighted by molar-refractivity contribution is 0.0599. The predicted octanol–water partition coefficient (Wildman–Crippen LogP) is 5.23. The largest absolute Gasteiger partial charge is 0.493 e. The molecule has 1 fully saturated rings. The summed E-state index contributed by atoms with van der Waals surface area (Å²) in [4.78, 5) is 16.8. The number of rotatable bonds is 8.